The molecule has 2 rings (SSSR count). The molecule has 0 atom stereocenters. The maximum atomic E-state index is 4.68. The van der Waals surface area contributed by atoms with Crippen molar-refractivity contribution in [3.05, 3.63) is 18.1 Å². The molecule has 4 heteroatoms. The summed E-state index contributed by atoms with van der Waals surface area (Å²) in [6.45, 7) is 9.56. The van der Waals surface area contributed by atoms with E-state index in [0.717, 1.165) is 37.1 Å². The molecule has 0 aliphatic heterocycles. The van der Waals surface area contributed by atoms with E-state index < -0.39 is 0 Å². The molecule has 0 unspecified atom stereocenters. The van der Waals surface area contributed by atoms with Crippen molar-refractivity contribution in [3.63, 3.8) is 0 Å². The van der Waals surface area contributed by atoms with E-state index >= 15 is 0 Å². The molecule has 0 aromatic carbocycles. The van der Waals surface area contributed by atoms with Crippen LogP contribution < -0.4 is 10.2 Å². The Hall–Kier alpha value is -1.16. The lowest BCUT2D eigenvalue weighted by Gasteiger charge is -2.30. The number of rotatable bonds is 8. The molecule has 118 valence electrons. The monoisotopic (exact) mass is 290 g/mol. The quantitative estimate of drug-likeness (QED) is 0.797. The highest BCUT2D eigenvalue weighted by Crippen LogP contribution is 2.27. The second kappa shape index (κ2) is 8.32. The molecule has 0 spiro atoms. The lowest BCUT2D eigenvalue weighted by Crippen LogP contribution is -2.35. The highest BCUT2D eigenvalue weighted by atomic mass is 15.2. The summed E-state index contributed by atoms with van der Waals surface area (Å²) in [6, 6.07) is 0.665. The minimum atomic E-state index is 0.665. The van der Waals surface area contributed by atoms with Crippen LogP contribution in [-0.2, 0) is 6.54 Å². The van der Waals surface area contributed by atoms with Gasteiger partial charge in [-0.15, -0.1) is 0 Å². The van der Waals surface area contributed by atoms with Gasteiger partial charge in [0.1, 0.15) is 5.82 Å². The molecule has 0 radical (unpaired) electrons. The Kier molecular flexibility index (Phi) is 6.43. The molecule has 1 heterocycles. The van der Waals surface area contributed by atoms with Crippen molar-refractivity contribution < 1.29 is 0 Å². The zero-order valence-electron chi connectivity index (χ0n) is 13.8. The number of hydrogen-bond donors (Lipinski definition) is 1. The first-order valence-corrected chi connectivity index (χ1v) is 8.49. The summed E-state index contributed by atoms with van der Waals surface area (Å²) in [5, 5.41) is 3.29. The first-order chi connectivity index (χ1) is 10.2. The van der Waals surface area contributed by atoms with Crippen molar-refractivity contribution in [2.45, 2.75) is 65.5 Å². The van der Waals surface area contributed by atoms with E-state index in [1.807, 2.05) is 12.4 Å². The summed E-state index contributed by atoms with van der Waals surface area (Å²) in [7, 11) is 0. The molecular weight excluding hydrogens is 260 g/mol. The van der Waals surface area contributed by atoms with Crippen LogP contribution in [0.25, 0.3) is 0 Å². The first kappa shape index (κ1) is 16.2. The van der Waals surface area contributed by atoms with Gasteiger partial charge in [-0.1, -0.05) is 33.6 Å². The fraction of sp³-hybridized carbons (Fsp3) is 0.765. The average molecular weight is 290 g/mol. The lowest BCUT2D eigenvalue weighted by molar-refractivity contribution is 0.524. The molecule has 21 heavy (non-hydrogen) atoms. The van der Waals surface area contributed by atoms with Gasteiger partial charge in [-0.05, 0) is 31.7 Å². The van der Waals surface area contributed by atoms with E-state index in [2.05, 4.69) is 41.0 Å². The molecule has 1 fully saturated rings. The molecule has 4 nitrogen and oxygen atoms in total. The SMILES string of the molecule is CCNCc1cnc(N(CCC(C)C)C2CCCC2)cn1. The van der Waals surface area contributed by atoms with Crippen LogP contribution in [0.1, 0.15) is 58.6 Å². The Balaban J connectivity index is 2.04. The standard InChI is InChI=1S/C17H30N4/c1-4-18-11-15-12-20-17(13-19-15)21(10-9-14(2)3)16-7-5-6-8-16/h12-14,16,18H,4-11H2,1-3H3. The van der Waals surface area contributed by atoms with Gasteiger partial charge in [0.05, 0.1) is 18.1 Å². The predicted molar refractivity (Wildman–Crippen MR) is 88.5 cm³/mol. The van der Waals surface area contributed by atoms with E-state index in [0.29, 0.717) is 6.04 Å². The minimum Gasteiger partial charge on any atom is -0.352 e. The van der Waals surface area contributed by atoms with E-state index in [4.69, 9.17) is 0 Å². The Morgan fingerprint density at radius 3 is 2.57 bits per heavy atom. The lowest BCUT2D eigenvalue weighted by atomic mass is 10.1. The number of nitrogens with one attached hydrogen (secondary N) is 1. The summed E-state index contributed by atoms with van der Waals surface area (Å²) >= 11 is 0. The Labute approximate surface area is 129 Å². The van der Waals surface area contributed by atoms with Crippen LogP contribution in [0.2, 0.25) is 0 Å². The van der Waals surface area contributed by atoms with Crippen molar-refractivity contribution in [1.82, 2.24) is 15.3 Å². The second-order valence-corrected chi connectivity index (χ2v) is 6.46. The maximum Gasteiger partial charge on any atom is 0.147 e. The summed E-state index contributed by atoms with van der Waals surface area (Å²) in [5.41, 5.74) is 1.02. The third-order valence-electron chi connectivity index (χ3n) is 4.25. The Bertz CT molecular complexity index is 396. The van der Waals surface area contributed by atoms with Gasteiger partial charge in [0.15, 0.2) is 0 Å². The zero-order valence-corrected chi connectivity index (χ0v) is 13.8. The van der Waals surface area contributed by atoms with Gasteiger partial charge in [0.2, 0.25) is 0 Å². The number of hydrogen-bond acceptors (Lipinski definition) is 4. The fourth-order valence-electron chi connectivity index (χ4n) is 2.94. The van der Waals surface area contributed by atoms with Crippen LogP contribution in [0.5, 0.6) is 0 Å². The highest BCUT2D eigenvalue weighted by molar-refractivity contribution is 5.37. The van der Waals surface area contributed by atoms with Gasteiger partial charge in [0.25, 0.3) is 0 Å². The first-order valence-electron chi connectivity index (χ1n) is 8.49. The molecule has 1 N–H and O–H groups in total. The average Bonchev–Trinajstić information content (AvgIpc) is 3.00. The molecule has 1 aliphatic carbocycles. The van der Waals surface area contributed by atoms with Gasteiger partial charge < -0.3 is 10.2 Å². The summed E-state index contributed by atoms with van der Waals surface area (Å²) in [5.74, 6) is 1.79. The van der Waals surface area contributed by atoms with Crippen molar-refractivity contribution in [3.8, 4) is 0 Å². The summed E-state index contributed by atoms with van der Waals surface area (Å²) < 4.78 is 0. The predicted octanol–water partition coefficient (Wildman–Crippen LogP) is 3.38. The van der Waals surface area contributed by atoms with Crippen molar-refractivity contribution in [2.75, 3.05) is 18.0 Å². The summed E-state index contributed by atoms with van der Waals surface area (Å²) in [4.78, 5) is 11.7. The van der Waals surface area contributed by atoms with Crippen LogP contribution in [0.4, 0.5) is 5.82 Å². The molecule has 0 saturated heterocycles. The van der Waals surface area contributed by atoms with Gasteiger partial charge in [0, 0.05) is 19.1 Å². The van der Waals surface area contributed by atoms with Crippen molar-refractivity contribution in [2.24, 2.45) is 5.92 Å². The Morgan fingerprint density at radius 2 is 2.00 bits per heavy atom. The van der Waals surface area contributed by atoms with Crippen molar-refractivity contribution >= 4 is 5.82 Å². The number of anilines is 1. The van der Waals surface area contributed by atoms with E-state index in [1.54, 1.807) is 0 Å². The van der Waals surface area contributed by atoms with Gasteiger partial charge in [-0.3, -0.25) is 4.98 Å². The second-order valence-electron chi connectivity index (χ2n) is 6.46. The Morgan fingerprint density at radius 1 is 1.24 bits per heavy atom. The minimum absolute atomic E-state index is 0.665. The largest absolute Gasteiger partial charge is 0.352 e. The molecule has 1 aromatic rings. The van der Waals surface area contributed by atoms with Gasteiger partial charge in [-0.2, -0.15) is 0 Å². The fourth-order valence-corrected chi connectivity index (χ4v) is 2.94. The van der Waals surface area contributed by atoms with Crippen LogP contribution in [0.15, 0.2) is 12.4 Å². The molecule has 0 bridgehead atoms. The van der Waals surface area contributed by atoms with Crippen LogP contribution in [0.3, 0.4) is 0 Å². The molecular formula is C17H30N4. The van der Waals surface area contributed by atoms with Crippen LogP contribution in [0, 0.1) is 5.92 Å². The molecule has 1 aromatic heterocycles. The maximum absolute atomic E-state index is 4.68. The summed E-state index contributed by atoms with van der Waals surface area (Å²) in [6.07, 6.45) is 10.4. The van der Waals surface area contributed by atoms with Crippen molar-refractivity contribution in [1.29, 1.82) is 0 Å². The highest BCUT2D eigenvalue weighted by Gasteiger charge is 2.23. The van der Waals surface area contributed by atoms with Gasteiger partial charge in [-0.25, -0.2) is 4.98 Å². The molecule has 1 saturated carbocycles. The van der Waals surface area contributed by atoms with Gasteiger partial charge >= 0.3 is 0 Å². The number of aromatic nitrogens is 2. The normalized spacial score (nSPS) is 15.8. The number of nitrogens with zero attached hydrogens (tertiary/aromatic N) is 3. The topological polar surface area (TPSA) is 41.1 Å². The van der Waals surface area contributed by atoms with E-state index in [-0.39, 0.29) is 0 Å². The molecule has 0 amide bonds. The van der Waals surface area contributed by atoms with E-state index in [9.17, 15) is 0 Å². The van der Waals surface area contributed by atoms with E-state index in [1.165, 1.54) is 32.1 Å². The van der Waals surface area contributed by atoms with Crippen LogP contribution in [-0.4, -0.2) is 29.1 Å². The smallest absolute Gasteiger partial charge is 0.147 e. The zero-order chi connectivity index (χ0) is 15.1. The molecule has 1 aliphatic rings. The third-order valence-corrected chi connectivity index (χ3v) is 4.25. The third kappa shape index (κ3) is 4.95. The van der Waals surface area contributed by atoms with Crippen LogP contribution >= 0.6 is 0 Å².